The number of nitrogens with one attached hydrogen (secondary N) is 1. The highest BCUT2D eigenvalue weighted by atomic mass is 19.3. The van der Waals surface area contributed by atoms with E-state index in [1.165, 1.54) is 24.6 Å². The lowest BCUT2D eigenvalue weighted by Gasteiger charge is -2.31. The summed E-state index contributed by atoms with van der Waals surface area (Å²) in [6.07, 6.45) is 3.06. The Labute approximate surface area is 107 Å². The summed E-state index contributed by atoms with van der Waals surface area (Å²) in [6.45, 7) is 3.21. The van der Waals surface area contributed by atoms with E-state index in [2.05, 4.69) is 20.4 Å². The van der Waals surface area contributed by atoms with Gasteiger partial charge in [-0.2, -0.15) is 4.98 Å². The van der Waals surface area contributed by atoms with Gasteiger partial charge in [0, 0.05) is 19.3 Å². The highest BCUT2D eigenvalue weighted by Gasteiger charge is 2.43. The third-order valence-electron chi connectivity index (χ3n) is 2.84. The van der Waals surface area contributed by atoms with Gasteiger partial charge < -0.3 is 5.32 Å². The number of hydrogen-bond donors (Lipinski definition) is 1. The number of hydrogen-bond acceptors (Lipinski definition) is 4. The lowest BCUT2D eigenvalue weighted by atomic mass is 9.97. The number of amides is 1. The third-order valence-corrected chi connectivity index (χ3v) is 2.84. The van der Waals surface area contributed by atoms with Gasteiger partial charge in [0.1, 0.15) is 0 Å². The second-order valence-corrected chi connectivity index (χ2v) is 4.77. The minimum absolute atomic E-state index is 0.198. The topological polar surface area (TPSA) is 72.2 Å². The fraction of sp³-hybridized carbons (Fsp3) is 0.455. The molecular formula is C11H13F2N5O. The first-order valence-electron chi connectivity index (χ1n) is 5.58. The van der Waals surface area contributed by atoms with E-state index in [0.29, 0.717) is 0 Å². The highest BCUT2D eigenvalue weighted by molar-refractivity contribution is 5.91. The first-order valence-corrected chi connectivity index (χ1v) is 5.58. The normalized spacial score (nSPS) is 12.7. The van der Waals surface area contributed by atoms with Crippen LogP contribution in [0.25, 0.3) is 5.78 Å². The first kappa shape index (κ1) is 13.3. The molecule has 0 atom stereocenters. The predicted octanol–water partition coefficient (Wildman–Crippen LogP) is 1.29. The first-order chi connectivity index (χ1) is 8.71. The molecule has 2 aromatic heterocycles. The van der Waals surface area contributed by atoms with E-state index in [1.54, 1.807) is 12.3 Å². The van der Waals surface area contributed by atoms with Crippen LogP contribution in [0.5, 0.6) is 0 Å². The van der Waals surface area contributed by atoms with Crippen LogP contribution in [0.1, 0.15) is 31.4 Å². The third kappa shape index (κ3) is 2.51. The van der Waals surface area contributed by atoms with Gasteiger partial charge in [-0.1, -0.05) is 0 Å². The Morgan fingerprint density at radius 1 is 1.37 bits per heavy atom. The van der Waals surface area contributed by atoms with Gasteiger partial charge in [0.05, 0.1) is 5.54 Å². The van der Waals surface area contributed by atoms with Gasteiger partial charge in [-0.15, -0.1) is 5.10 Å². The van der Waals surface area contributed by atoms with Crippen LogP contribution in [0.4, 0.5) is 8.78 Å². The fourth-order valence-electron chi connectivity index (χ4n) is 1.28. The van der Waals surface area contributed by atoms with Crippen molar-refractivity contribution in [2.75, 3.05) is 0 Å². The molecule has 0 fully saturated rings. The Balaban J connectivity index is 2.25. The summed E-state index contributed by atoms with van der Waals surface area (Å²) < 4.78 is 27.9. The molecule has 8 heteroatoms. The number of carbonyl (C=O) groups excluding carboxylic acids is 1. The highest BCUT2D eigenvalue weighted by Crippen LogP contribution is 2.27. The molecule has 0 spiro atoms. The van der Waals surface area contributed by atoms with E-state index < -0.39 is 17.4 Å². The van der Waals surface area contributed by atoms with E-state index in [4.69, 9.17) is 0 Å². The quantitative estimate of drug-likeness (QED) is 0.911. The number of halogens is 2. The minimum Gasteiger partial charge on any atom is -0.338 e. The maximum Gasteiger partial charge on any atom is 0.291 e. The van der Waals surface area contributed by atoms with E-state index in [0.717, 1.165) is 6.92 Å². The van der Waals surface area contributed by atoms with Crippen LogP contribution in [0, 0.1) is 0 Å². The SMILES string of the molecule is CC(F)(F)C(C)(C)NC(=O)c1nc2ncccn2n1. The Hall–Kier alpha value is -2.12. The van der Waals surface area contributed by atoms with Crippen molar-refractivity contribution in [3.63, 3.8) is 0 Å². The molecule has 2 heterocycles. The maximum atomic E-state index is 13.3. The Morgan fingerprint density at radius 2 is 2.05 bits per heavy atom. The van der Waals surface area contributed by atoms with Crippen molar-refractivity contribution in [3.8, 4) is 0 Å². The van der Waals surface area contributed by atoms with Crippen LogP contribution in [-0.4, -0.2) is 37.0 Å². The number of carbonyl (C=O) groups is 1. The summed E-state index contributed by atoms with van der Waals surface area (Å²) in [5.41, 5.74) is -1.70. The molecule has 2 aromatic rings. The van der Waals surface area contributed by atoms with Gasteiger partial charge in [-0.25, -0.2) is 18.3 Å². The van der Waals surface area contributed by atoms with Crippen molar-refractivity contribution < 1.29 is 13.6 Å². The van der Waals surface area contributed by atoms with Crippen molar-refractivity contribution in [2.45, 2.75) is 32.2 Å². The van der Waals surface area contributed by atoms with Crippen LogP contribution >= 0.6 is 0 Å². The zero-order chi connectivity index (χ0) is 14.3. The van der Waals surface area contributed by atoms with Gasteiger partial charge in [-0.3, -0.25) is 4.79 Å². The summed E-state index contributed by atoms with van der Waals surface area (Å²) in [5.74, 6) is -3.80. The Morgan fingerprint density at radius 3 is 2.63 bits per heavy atom. The van der Waals surface area contributed by atoms with Gasteiger partial charge in [0.15, 0.2) is 0 Å². The molecule has 1 N–H and O–H groups in total. The van der Waals surface area contributed by atoms with Crippen molar-refractivity contribution >= 4 is 11.7 Å². The predicted molar refractivity (Wildman–Crippen MR) is 62.9 cm³/mol. The number of rotatable bonds is 3. The molecule has 0 unspecified atom stereocenters. The lowest BCUT2D eigenvalue weighted by molar-refractivity contribution is -0.0548. The van der Waals surface area contributed by atoms with Crippen LogP contribution in [0.2, 0.25) is 0 Å². The Kier molecular flexibility index (Phi) is 2.95. The van der Waals surface area contributed by atoms with Crippen molar-refractivity contribution in [1.82, 2.24) is 24.9 Å². The molecule has 0 aliphatic heterocycles. The average molecular weight is 269 g/mol. The summed E-state index contributed by atoms with van der Waals surface area (Å²) in [5, 5.41) is 6.08. The number of fused-ring (bicyclic) bond motifs is 1. The summed E-state index contributed by atoms with van der Waals surface area (Å²) in [6, 6.07) is 1.62. The van der Waals surface area contributed by atoms with Crippen molar-refractivity contribution in [3.05, 3.63) is 24.3 Å². The average Bonchev–Trinajstić information content (AvgIpc) is 2.70. The van der Waals surface area contributed by atoms with Crippen LogP contribution in [0.15, 0.2) is 18.5 Å². The molecule has 6 nitrogen and oxygen atoms in total. The molecule has 0 aromatic carbocycles. The summed E-state index contributed by atoms with van der Waals surface area (Å²) in [7, 11) is 0. The molecule has 2 rings (SSSR count). The van der Waals surface area contributed by atoms with Gasteiger partial charge in [-0.05, 0) is 19.9 Å². The maximum absolute atomic E-state index is 13.3. The van der Waals surface area contributed by atoms with Crippen LogP contribution in [0.3, 0.4) is 0 Å². The molecule has 0 aliphatic rings. The van der Waals surface area contributed by atoms with Crippen LogP contribution in [-0.2, 0) is 0 Å². The fourth-order valence-corrected chi connectivity index (χ4v) is 1.28. The van der Waals surface area contributed by atoms with E-state index in [1.807, 2.05) is 0 Å². The van der Waals surface area contributed by atoms with Crippen LogP contribution < -0.4 is 5.32 Å². The van der Waals surface area contributed by atoms with E-state index >= 15 is 0 Å². The lowest BCUT2D eigenvalue weighted by Crippen LogP contribution is -2.55. The minimum atomic E-state index is -3.07. The zero-order valence-corrected chi connectivity index (χ0v) is 10.7. The van der Waals surface area contributed by atoms with Gasteiger partial charge in [0.25, 0.3) is 17.6 Å². The van der Waals surface area contributed by atoms with E-state index in [9.17, 15) is 13.6 Å². The molecule has 0 aliphatic carbocycles. The van der Waals surface area contributed by atoms with E-state index in [-0.39, 0.29) is 11.6 Å². The largest absolute Gasteiger partial charge is 0.338 e. The molecule has 0 bridgehead atoms. The molecular weight excluding hydrogens is 256 g/mol. The smallest absolute Gasteiger partial charge is 0.291 e. The Bertz CT molecular complexity index is 584. The second-order valence-electron chi connectivity index (χ2n) is 4.77. The molecule has 19 heavy (non-hydrogen) atoms. The van der Waals surface area contributed by atoms with Gasteiger partial charge >= 0.3 is 0 Å². The van der Waals surface area contributed by atoms with Gasteiger partial charge in [0.2, 0.25) is 5.82 Å². The van der Waals surface area contributed by atoms with Crippen molar-refractivity contribution in [1.29, 1.82) is 0 Å². The molecule has 102 valence electrons. The summed E-state index contributed by atoms with van der Waals surface area (Å²) >= 11 is 0. The monoisotopic (exact) mass is 269 g/mol. The van der Waals surface area contributed by atoms with Crippen molar-refractivity contribution in [2.24, 2.45) is 0 Å². The molecule has 0 saturated carbocycles. The summed E-state index contributed by atoms with van der Waals surface area (Å²) in [4.78, 5) is 19.6. The standard InChI is InChI=1S/C11H13F2N5O/c1-10(2,11(3,12)13)16-8(19)7-15-9-14-5-4-6-18(9)17-7/h4-6H,1-3H3,(H,16,19). The molecule has 1 amide bonds. The number of aromatic nitrogens is 4. The molecule has 0 saturated heterocycles. The number of alkyl halides is 2. The molecule has 0 radical (unpaired) electrons. The second kappa shape index (κ2) is 4.22. The number of nitrogens with zero attached hydrogens (tertiary/aromatic N) is 4. The zero-order valence-electron chi connectivity index (χ0n) is 10.7.